The van der Waals surface area contributed by atoms with Crippen molar-refractivity contribution in [3.63, 3.8) is 0 Å². The highest BCUT2D eigenvalue weighted by molar-refractivity contribution is 6.09. The number of hydrogen-bond acceptors (Lipinski definition) is 1. The van der Waals surface area contributed by atoms with Crippen LogP contribution in [0, 0.1) is 27.7 Å². The molecule has 0 saturated heterocycles. The Morgan fingerprint density at radius 1 is 0.370 bits per heavy atom. The summed E-state index contributed by atoms with van der Waals surface area (Å²) in [6.45, 7) is 9.06. The maximum absolute atomic E-state index is 2.41. The molecule has 2 nitrogen and oxygen atoms in total. The number of aromatic nitrogens is 1. The van der Waals surface area contributed by atoms with E-state index in [0.717, 1.165) is 17.1 Å². The van der Waals surface area contributed by atoms with Gasteiger partial charge in [-0.25, -0.2) is 0 Å². The average molecular weight is 695 g/mol. The predicted molar refractivity (Wildman–Crippen MR) is 231 cm³/mol. The van der Waals surface area contributed by atoms with Gasteiger partial charge in [-0.2, -0.15) is 0 Å². The summed E-state index contributed by atoms with van der Waals surface area (Å²) >= 11 is 0. The van der Waals surface area contributed by atoms with E-state index in [1.807, 2.05) is 0 Å². The molecule has 0 spiro atoms. The molecule has 0 amide bonds. The van der Waals surface area contributed by atoms with Crippen LogP contribution in [-0.4, -0.2) is 4.57 Å². The molecule has 0 bridgehead atoms. The number of anilines is 3. The number of para-hydroxylation sites is 3. The van der Waals surface area contributed by atoms with Crippen molar-refractivity contribution in [2.45, 2.75) is 27.7 Å². The third-order valence-electron chi connectivity index (χ3n) is 11.1. The predicted octanol–water partition coefficient (Wildman–Crippen LogP) is 14.5. The van der Waals surface area contributed by atoms with Crippen LogP contribution in [0.3, 0.4) is 0 Å². The first kappa shape index (κ1) is 33.2. The van der Waals surface area contributed by atoms with E-state index in [2.05, 4.69) is 219 Å². The molecular formula is C52H42N2. The molecule has 8 aromatic carbocycles. The van der Waals surface area contributed by atoms with E-state index in [1.54, 1.807) is 0 Å². The molecule has 0 aliphatic heterocycles. The third-order valence-corrected chi connectivity index (χ3v) is 11.1. The monoisotopic (exact) mass is 694 g/mol. The van der Waals surface area contributed by atoms with Crippen molar-refractivity contribution >= 4 is 38.9 Å². The number of nitrogens with zero attached hydrogens (tertiary/aromatic N) is 2. The van der Waals surface area contributed by atoms with E-state index < -0.39 is 0 Å². The number of aryl methyl sites for hydroxylation is 2. The zero-order chi connectivity index (χ0) is 36.8. The molecule has 9 aromatic rings. The molecular weight excluding hydrogens is 653 g/mol. The SMILES string of the molecule is Cc1cc(-n2c3ccccc3c3ccccc32)cc(C)c1-c1ccc(-c2ccc(N(c3ccccc3)c3ccc(-c4ccccc4)cc3)cc2)c(C)c1C. The van der Waals surface area contributed by atoms with Crippen molar-refractivity contribution in [1.82, 2.24) is 4.57 Å². The lowest BCUT2D eigenvalue weighted by Crippen LogP contribution is -2.09. The first-order valence-corrected chi connectivity index (χ1v) is 18.8. The van der Waals surface area contributed by atoms with Gasteiger partial charge in [0.2, 0.25) is 0 Å². The summed E-state index contributed by atoms with van der Waals surface area (Å²) in [6.07, 6.45) is 0. The van der Waals surface area contributed by atoms with Crippen LogP contribution < -0.4 is 4.90 Å². The Kier molecular flexibility index (Phi) is 8.44. The lowest BCUT2D eigenvalue weighted by Gasteiger charge is -2.26. The number of fused-ring (bicyclic) bond motifs is 3. The van der Waals surface area contributed by atoms with Crippen molar-refractivity contribution < 1.29 is 0 Å². The van der Waals surface area contributed by atoms with Gasteiger partial charge in [-0.05, 0) is 144 Å². The van der Waals surface area contributed by atoms with Gasteiger partial charge in [0.25, 0.3) is 0 Å². The highest BCUT2D eigenvalue weighted by atomic mass is 15.1. The lowest BCUT2D eigenvalue weighted by molar-refractivity contribution is 1.16. The van der Waals surface area contributed by atoms with Gasteiger partial charge in [-0.15, -0.1) is 0 Å². The van der Waals surface area contributed by atoms with E-state index in [0.29, 0.717) is 0 Å². The van der Waals surface area contributed by atoms with Crippen LogP contribution in [0.15, 0.2) is 182 Å². The molecule has 0 unspecified atom stereocenters. The Labute approximate surface area is 318 Å². The zero-order valence-corrected chi connectivity index (χ0v) is 31.2. The Morgan fingerprint density at radius 3 is 1.37 bits per heavy atom. The topological polar surface area (TPSA) is 8.17 Å². The van der Waals surface area contributed by atoms with Gasteiger partial charge in [0, 0.05) is 33.5 Å². The van der Waals surface area contributed by atoms with Gasteiger partial charge >= 0.3 is 0 Å². The summed E-state index contributed by atoms with van der Waals surface area (Å²) in [4.78, 5) is 2.33. The minimum Gasteiger partial charge on any atom is -0.311 e. The minimum atomic E-state index is 1.12. The molecule has 0 atom stereocenters. The number of benzene rings is 8. The summed E-state index contributed by atoms with van der Waals surface area (Å²) in [5, 5.41) is 2.57. The second kappa shape index (κ2) is 13.7. The summed E-state index contributed by atoms with van der Waals surface area (Å²) in [6, 6.07) is 65.9. The van der Waals surface area contributed by atoms with Crippen LogP contribution in [0.1, 0.15) is 22.3 Å². The second-order valence-electron chi connectivity index (χ2n) is 14.4. The molecule has 260 valence electrons. The fraction of sp³-hybridized carbons (Fsp3) is 0.0769. The summed E-state index contributed by atoms with van der Waals surface area (Å²) < 4.78 is 2.41. The summed E-state index contributed by atoms with van der Waals surface area (Å²) in [7, 11) is 0. The molecule has 0 aliphatic rings. The fourth-order valence-electron chi connectivity index (χ4n) is 8.35. The highest BCUT2D eigenvalue weighted by Crippen LogP contribution is 2.40. The van der Waals surface area contributed by atoms with Crippen LogP contribution in [-0.2, 0) is 0 Å². The molecule has 54 heavy (non-hydrogen) atoms. The molecule has 0 saturated carbocycles. The van der Waals surface area contributed by atoms with E-state index >= 15 is 0 Å². The minimum absolute atomic E-state index is 1.12. The van der Waals surface area contributed by atoms with Crippen LogP contribution in [0.4, 0.5) is 17.1 Å². The molecule has 9 rings (SSSR count). The van der Waals surface area contributed by atoms with Crippen molar-refractivity contribution in [2.75, 3.05) is 4.90 Å². The molecule has 2 heteroatoms. The zero-order valence-electron chi connectivity index (χ0n) is 31.2. The van der Waals surface area contributed by atoms with Crippen LogP contribution in [0.2, 0.25) is 0 Å². The first-order chi connectivity index (χ1) is 26.5. The molecule has 0 radical (unpaired) electrons. The molecule has 0 aliphatic carbocycles. The Balaban J connectivity index is 1.05. The van der Waals surface area contributed by atoms with E-state index in [4.69, 9.17) is 0 Å². The fourth-order valence-corrected chi connectivity index (χ4v) is 8.35. The maximum Gasteiger partial charge on any atom is 0.0541 e. The van der Waals surface area contributed by atoms with E-state index in [-0.39, 0.29) is 0 Å². The largest absolute Gasteiger partial charge is 0.311 e. The van der Waals surface area contributed by atoms with Crippen molar-refractivity contribution in [2.24, 2.45) is 0 Å². The Bertz CT molecular complexity index is 2700. The molecule has 1 heterocycles. The Morgan fingerprint density at radius 2 is 0.796 bits per heavy atom. The third kappa shape index (κ3) is 5.77. The number of rotatable bonds is 7. The standard InChI is InChI=1S/C52H42N2/c1-35-33-45(54-50-21-13-11-19-48(50)49-20-12-14-22-51(49)54)34-36(2)52(35)47-32-31-46(37(3)38(47)4)41-25-29-44(30-26-41)53(42-17-9-6-10-18-42)43-27-23-40(24-28-43)39-15-7-5-8-16-39/h5-34H,1-4H3. The smallest absolute Gasteiger partial charge is 0.0541 e. The van der Waals surface area contributed by atoms with Crippen molar-refractivity contribution in [3.05, 3.63) is 204 Å². The lowest BCUT2D eigenvalue weighted by atomic mass is 9.87. The van der Waals surface area contributed by atoms with Gasteiger partial charge < -0.3 is 9.47 Å². The Hall–Kier alpha value is -6.64. The van der Waals surface area contributed by atoms with Crippen LogP contribution >= 0.6 is 0 Å². The quantitative estimate of drug-likeness (QED) is 0.161. The summed E-state index contributed by atoms with van der Waals surface area (Å²) in [5.74, 6) is 0. The van der Waals surface area contributed by atoms with Crippen LogP contribution in [0.5, 0.6) is 0 Å². The van der Waals surface area contributed by atoms with Crippen LogP contribution in [0.25, 0.3) is 60.9 Å². The van der Waals surface area contributed by atoms with Crippen molar-refractivity contribution in [1.29, 1.82) is 0 Å². The normalized spacial score (nSPS) is 11.3. The first-order valence-electron chi connectivity index (χ1n) is 18.8. The van der Waals surface area contributed by atoms with Crippen molar-refractivity contribution in [3.8, 4) is 39.1 Å². The van der Waals surface area contributed by atoms with E-state index in [9.17, 15) is 0 Å². The van der Waals surface area contributed by atoms with Gasteiger partial charge in [0.05, 0.1) is 11.0 Å². The second-order valence-corrected chi connectivity index (χ2v) is 14.4. The highest BCUT2D eigenvalue weighted by Gasteiger charge is 2.18. The molecule has 1 aromatic heterocycles. The molecule has 0 fully saturated rings. The van der Waals surface area contributed by atoms with Gasteiger partial charge in [-0.3, -0.25) is 0 Å². The van der Waals surface area contributed by atoms with E-state index in [1.165, 1.54) is 83.1 Å². The summed E-state index contributed by atoms with van der Waals surface area (Å²) in [5.41, 5.74) is 19.8. The molecule has 0 N–H and O–H groups in total. The van der Waals surface area contributed by atoms with Gasteiger partial charge in [0.1, 0.15) is 0 Å². The average Bonchev–Trinajstić information content (AvgIpc) is 3.55. The van der Waals surface area contributed by atoms with Gasteiger partial charge in [-0.1, -0.05) is 121 Å². The van der Waals surface area contributed by atoms with Gasteiger partial charge in [0.15, 0.2) is 0 Å². The number of hydrogen-bond donors (Lipinski definition) is 0. The maximum atomic E-state index is 2.41.